The molecule has 1 atom stereocenters. The molecule has 1 amide bonds. The number of alkyl halides is 3. The Bertz CT molecular complexity index is 629. The molecule has 1 fully saturated rings. The number of amides is 1. The molecule has 0 saturated carbocycles. The quantitative estimate of drug-likeness (QED) is 0.853. The van der Waals surface area contributed by atoms with Gasteiger partial charge in [0.1, 0.15) is 5.82 Å². The van der Waals surface area contributed by atoms with E-state index in [1.165, 1.54) is 6.92 Å². The van der Waals surface area contributed by atoms with Gasteiger partial charge >= 0.3 is 12.1 Å². The van der Waals surface area contributed by atoms with E-state index in [4.69, 9.17) is 5.11 Å². The van der Waals surface area contributed by atoms with Crippen molar-refractivity contribution in [2.45, 2.75) is 19.5 Å². The number of hydrogen-bond donors (Lipinski definition) is 1. The van der Waals surface area contributed by atoms with Crippen molar-refractivity contribution in [3.63, 3.8) is 0 Å². The molecule has 4 nitrogen and oxygen atoms in total. The number of carbonyl (C=O) groups excluding carboxylic acids is 1. The fourth-order valence-electron chi connectivity index (χ4n) is 2.34. The van der Waals surface area contributed by atoms with Gasteiger partial charge in [0.25, 0.3) is 5.91 Å². The van der Waals surface area contributed by atoms with Crippen LogP contribution in [0.1, 0.15) is 29.3 Å². The lowest BCUT2D eigenvalue weighted by molar-refractivity contribution is -0.147. The van der Waals surface area contributed by atoms with Crippen LogP contribution in [0.5, 0.6) is 0 Å². The first-order valence-corrected chi connectivity index (χ1v) is 6.44. The minimum absolute atomic E-state index is 0.0529. The lowest BCUT2D eigenvalue weighted by Gasteiger charge is -2.20. The molecule has 1 N–H and O–H groups in total. The van der Waals surface area contributed by atoms with Gasteiger partial charge in [-0.25, -0.2) is 4.39 Å². The van der Waals surface area contributed by atoms with Gasteiger partial charge in [-0.2, -0.15) is 13.2 Å². The number of halogens is 4. The average Bonchev–Trinajstić information content (AvgIpc) is 2.81. The molecule has 8 heteroatoms. The highest BCUT2D eigenvalue weighted by atomic mass is 19.4. The molecule has 1 aromatic carbocycles. The van der Waals surface area contributed by atoms with E-state index in [0.717, 1.165) is 4.90 Å². The average molecular weight is 319 g/mol. The molecule has 22 heavy (non-hydrogen) atoms. The molecule has 1 unspecified atom stereocenters. The molecule has 1 aliphatic heterocycles. The van der Waals surface area contributed by atoms with Crippen LogP contribution in [0.2, 0.25) is 0 Å². The van der Waals surface area contributed by atoms with Crippen molar-refractivity contribution in [2.24, 2.45) is 5.41 Å². The highest BCUT2D eigenvalue weighted by Gasteiger charge is 2.43. The summed E-state index contributed by atoms with van der Waals surface area (Å²) in [5.74, 6) is -3.11. The van der Waals surface area contributed by atoms with Gasteiger partial charge in [0.2, 0.25) is 0 Å². The summed E-state index contributed by atoms with van der Waals surface area (Å²) in [5, 5.41) is 9.09. The third-order valence-electron chi connectivity index (χ3n) is 3.80. The number of carboxylic acids is 1. The first-order chi connectivity index (χ1) is 10.0. The lowest BCUT2D eigenvalue weighted by atomic mass is 9.90. The van der Waals surface area contributed by atoms with E-state index in [9.17, 15) is 27.2 Å². The van der Waals surface area contributed by atoms with Gasteiger partial charge in [0, 0.05) is 13.1 Å². The third-order valence-corrected chi connectivity index (χ3v) is 3.80. The van der Waals surface area contributed by atoms with E-state index < -0.39 is 40.4 Å². The Morgan fingerprint density at radius 1 is 1.32 bits per heavy atom. The van der Waals surface area contributed by atoms with E-state index >= 15 is 0 Å². The molecule has 1 aliphatic rings. The fraction of sp³-hybridized carbons (Fsp3) is 0.429. The Balaban J connectivity index is 2.29. The topological polar surface area (TPSA) is 57.6 Å². The van der Waals surface area contributed by atoms with Crippen molar-refractivity contribution in [2.75, 3.05) is 13.1 Å². The molecular weight excluding hydrogens is 306 g/mol. The summed E-state index contributed by atoms with van der Waals surface area (Å²) >= 11 is 0. The van der Waals surface area contributed by atoms with E-state index in [1.807, 2.05) is 0 Å². The van der Waals surface area contributed by atoms with Crippen LogP contribution < -0.4 is 0 Å². The van der Waals surface area contributed by atoms with Crippen molar-refractivity contribution in [3.8, 4) is 0 Å². The zero-order chi connectivity index (χ0) is 16.7. The number of carbonyl (C=O) groups is 2. The van der Waals surface area contributed by atoms with Crippen LogP contribution in [0.4, 0.5) is 17.6 Å². The number of hydrogen-bond acceptors (Lipinski definition) is 2. The van der Waals surface area contributed by atoms with Crippen LogP contribution in [-0.4, -0.2) is 35.0 Å². The molecule has 2 rings (SSSR count). The summed E-state index contributed by atoms with van der Waals surface area (Å²) in [6, 6.07) is 1.59. The number of likely N-dealkylation sites (tertiary alicyclic amines) is 1. The highest BCUT2D eigenvalue weighted by Crippen LogP contribution is 2.33. The standard InChI is InChI=1S/C14H13F4NO3/c1-13(12(21)22)4-5-19(7-13)11(20)9-6-8(14(16,17)18)2-3-10(9)15/h2-3,6H,4-5,7H2,1H3,(H,21,22). The largest absolute Gasteiger partial charge is 0.481 e. The van der Waals surface area contributed by atoms with E-state index in [0.29, 0.717) is 18.2 Å². The third kappa shape index (κ3) is 2.90. The number of benzene rings is 1. The van der Waals surface area contributed by atoms with Gasteiger partial charge in [0.05, 0.1) is 16.5 Å². The Morgan fingerprint density at radius 2 is 1.95 bits per heavy atom. The van der Waals surface area contributed by atoms with E-state index in [2.05, 4.69) is 0 Å². The second-order valence-corrected chi connectivity index (χ2v) is 5.53. The van der Waals surface area contributed by atoms with Crippen LogP contribution in [-0.2, 0) is 11.0 Å². The van der Waals surface area contributed by atoms with Crippen molar-refractivity contribution in [1.82, 2.24) is 4.90 Å². The van der Waals surface area contributed by atoms with Crippen molar-refractivity contribution in [3.05, 3.63) is 35.1 Å². The predicted molar refractivity (Wildman–Crippen MR) is 67.7 cm³/mol. The predicted octanol–water partition coefficient (Wildman–Crippen LogP) is 2.78. The Morgan fingerprint density at radius 3 is 2.45 bits per heavy atom. The number of rotatable bonds is 2. The Hall–Kier alpha value is -2.12. The normalized spacial score (nSPS) is 22.0. The second kappa shape index (κ2) is 5.26. The molecule has 0 bridgehead atoms. The van der Waals surface area contributed by atoms with E-state index in [-0.39, 0.29) is 19.5 Å². The zero-order valence-electron chi connectivity index (χ0n) is 11.6. The first kappa shape index (κ1) is 16.3. The molecule has 1 saturated heterocycles. The van der Waals surface area contributed by atoms with Crippen molar-refractivity contribution < 1.29 is 32.3 Å². The van der Waals surface area contributed by atoms with E-state index in [1.54, 1.807) is 0 Å². The maximum atomic E-state index is 13.7. The van der Waals surface area contributed by atoms with Crippen LogP contribution >= 0.6 is 0 Å². The smallest absolute Gasteiger partial charge is 0.416 e. The highest BCUT2D eigenvalue weighted by molar-refractivity contribution is 5.95. The minimum atomic E-state index is -4.69. The van der Waals surface area contributed by atoms with Gasteiger partial charge in [-0.15, -0.1) is 0 Å². The Labute approximate surface area is 123 Å². The molecular formula is C14H13F4NO3. The molecule has 0 radical (unpaired) electrons. The monoisotopic (exact) mass is 319 g/mol. The summed E-state index contributed by atoms with van der Waals surface area (Å²) in [5.41, 5.74) is -3.00. The molecule has 1 heterocycles. The molecule has 0 aromatic heterocycles. The van der Waals surface area contributed by atoms with Gasteiger partial charge in [0.15, 0.2) is 0 Å². The fourth-order valence-corrected chi connectivity index (χ4v) is 2.34. The van der Waals surface area contributed by atoms with Crippen molar-refractivity contribution >= 4 is 11.9 Å². The van der Waals surface area contributed by atoms with Gasteiger partial charge < -0.3 is 10.0 Å². The second-order valence-electron chi connectivity index (χ2n) is 5.53. The molecule has 0 aliphatic carbocycles. The van der Waals surface area contributed by atoms with Crippen molar-refractivity contribution in [1.29, 1.82) is 0 Å². The van der Waals surface area contributed by atoms with Crippen LogP contribution in [0.15, 0.2) is 18.2 Å². The molecule has 1 aromatic rings. The Kier molecular flexibility index (Phi) is 3.88. The summed E-state index contributed by atoms with van der Waals surface area (Å²) in [6.45, 7) is 1.32. The molecule has 0 spiro atoms. The number of aliphatic carboxylic acids is 1. The van der Waals surface area contributed by atoms with Gasteiger partial charge in [-0.05, 0) is 31.5 Å². The summed E-state index contributed by atoms with van der Waals surface area (Å²) in [4.78, 5) is 24.4. The maximum Gasteiger partial charge on any atom is 0.416 e. The first-order valence-electron chi connectivity index (χ1n) is 6.44. The molecule has 120 valence electrons. The maximum absolute atomic E-state index is 13.7. The zero-order valence-corrected chi connectivity index (χ0v) is 11.6. The van der Waals surface area contributed by atoms with Gasteiger partial charge in [-0.3, -0.25) is 9.59 Å². The SMILES string of the molecule is CC1(C(=O)O)CCN(C(=O)c2cc(C(F)(F)F)ccc2F)C1. The van der Waals surface area contributed by atoms with Crippen LogP contribution in [0, 0.1) is 11.2 Å². The minimum Gasteiger partial charge on any atom is -0.481 e. The number of nitrogens with zero attached hydrogens (tertiary/aromatic N) is 1. The lowest BCUT2D eigenvalue weighted by Crippen LogP contribution is -2.35. The summed E-state index contributed by atoms with van der Waals surface area (Å²) < 4.78 is 51.6. The van der Waals surface area contributed by atoms with Crippen LogP contribution in [0.3, 0.4) is 0 Å². The van der Waals surface area contributed by atoms with Gasteiger partial charge in [-0.1, -0.05) is 0 Å². The summed E-state index contributed by atoms with van der Waals surface area (Å²) in [7, 11) is 0. The summed E-state index contributed by atoms with van der Waals surface area (Å²) in [6.07, 6.45) is -4.53. The number of carboxylic acid groups (broad SMARTS) is 1. The van der Waals surface area contributed by atoms with Crippen LogP contribution in [0.25, 0.3) is 0 Å².